The summed E-state index contributed by atoms with van der Waals surface area (Å²) in [6, 6.07) is 37.1. The molecule has 0 atom stereocenters. The van der Waals surface area contributed by atoms with E-state index in [9.17, 15) is 5.11 Å². The number of phenols is 1. The van der Waals surface area contributed by atoms with Crippen LogP contribution >= 0.6 is 0 Å². The molecule has 5 heteroatoms. The van der Waals surface area contributed by atoms with Crippen LogP contribution in [0.1, 0.15) is 110 Å². The number of aromatic hydroxyl groups is 1. The second kappa shape index (κ2) is 17.1. The third kappa shape index (κ3) is 8.66. The summed E-state index contributed by atoms with van der Waals surface area (Å²) in [5.74, 6) is 1.12. The molecule has 4 nitrogen and oxygen atoms in total. The minimum atomic E-state index is -0.435. The first-order chi connectivity index (χ1) is 30.6. The van der Waals surface area contributed by atoms with Gasteiger partial charge in [0, 0.05) is 33.0 Å². The van der Waals surface area contributed by atoms with Crippen LogP contribution < -0.4 is 0 Å². The number of hydrogen-bond acceptors (Lipinski definition) is 3. The van der Waals surface area contributed by atoms with Crippen LogP contribution in [-0.2, 0) is 31.9 Å². The molecule has 0 radical (unpaired) electrons. The third-order valence-corrected chi connectivity index (χ3v) is 11.4. The van der Waals surface area contributed by atoms with Crippen LogP contribution in [0.25, 0.3) is 72.7 Å². The molecular weight excluding hydrogens is 926 g/mol. The molecule has 0 aliphatic heterocycles. The largest absolute Gasteiger partial charge is 0.507 e. The van der Waals surface area contributed by atoms with Crippen LogP contribution in [0.15, 0.2) is 140 Å². The van der Waals surface area contributed by atoms with Gasteiger partial charge in [-0.3, -0.25) is 9.55 Å². The first-order valence-electron chi connectivity index (χ1n) is 23.4. The number of pyridine rings is 1. The van der Waals surface area contributed by atoms with Gasteiger partial charge in [0.15, 0.2) is 0 Å². The summed E-state index contributed by atoms with van der Waals surface area (Å²) >= 11 is 0. The fourth-order valence-electron chi connectivity index (χ4n) is 7.92. The zero-order valence-corrected chi connectivity index (χ0v) is 38.9. The molecule has 0 aliphatic carbocycles. The van der Waals surface area contributed by atoms with Crippen LogP contribution in [0.3, 0.4) is 0 Å². The van der Waals surface area contributed by atoms with Gasteiger partial charge in [-0.2, -0.15) is 0 Å². The number of phenolic OH excluding ortho intramolecular Hbond substituents is 1. The molecule has 2 heterocycles. The smallest absolute Gasteiger partial charge is 0.148 e. The van der Waals surface area contributed by atoms with Crippen LogP contribution in [0.4, 0.5) is 0 Å². The number of aromatic nitrogens is 3. The molecule has 6 aromatic carbocycles. The summed E-state index contributed by atoms with van der Waals surface area (Å²) in [4.78, 5) is 10.3. The van der Waals surface area contributed by atoms with Crippen molar-refractivity contribution in [1.82, 2.24) is 14.5 Å². The molecule has 2 aromatic heterocycles. The molecule has 0 spiro atoms. The summed E-state index contributed by atoms with van der Waals surface area (Å²) in [5, 5.41) is 12.3. The Bertz CT molecular complexity index is 3120. The maximum Gasteiger partial charge on any atom is 0.148 e. The van der Waals surface area contributed by atoms with Gasteiger partial charge in [0.1, 0.15) is 11.6 Å². The third-order valence-electron chi connectivity index (χ3n) is 11.4. The van der Waals surface area contributed by atoms with Crippen molar-refractivity contribution in [2.24, 2.45) is 0 Å². The Morgan fingerprint density at radius 3 is 2.03 bits per heavy atom. The van der Waals surface area contributed by atoms with Crippen molar-refractivity contribution in [3.8, 4) is 67.5 Å². The van der Waals surface area contributed by atoms with E-state index in [1.54, 1.807) is 18.3 Å². The number of imidazole rings is 1. The Kier molecular flexibility index (Phi) is 10.4. The van der Waals surface area contributed by atoms with E-state index >= 15 is 0 Å². The second-order valence-corrected chi connectivity index (χ2v) is 18.5. The standard InChI is InChI=1S/C56H56N3O.Pt/c1-35(2)41-31-46(36(3)4)53(60)47(32-41)54-58-52-45(22-17-23-51(52)59(54)50-25-24-39(33-48(50)56(8,9)10)37-18-13-11-14-19-37)42-28-43(30-44(29-42)55(5,6)7)49-34-40(26-27-57-49)38-20-15-12-16-21-38;/h11-27,29-36,60H,1-10H3;/q-1;/i12D,15D,16D,20D,21D;. The minimum Gasteiger partial charge on any atom is -0.507 e. The van der Waals surface area contributed by atoms with Gasteiger partial charge in [-0.1, -0.05) is 171 Å². The summed E-state index contributed by atoms with van der Waals surface area (Å²) in [6.45, 7) is 21.7. The van der Waals surface area contributed by atoms with E-state index in [1.165, 1.54) is 0 Å². The van der Waals surface area contributed by atoms with E-state index < -0.39 is 6.04 Å². The van der Waals surface area contributed by atoms with Gasteiger partial charge in [0.05, 0.1) is 29.1 Å². The Balaban J connectivity index is 0.00000648. The number of nitrogens with zero attached hydrogens (tertiary/aromatic N) is 3. The van der Waals surface area contributed by atoms with Crippen molar-refractivity contribution in [3.63, 3.8) is 0 Å². The maximum atomic E-state index is 12.3. The van der Waals surface area contributed by atoms with Gasteiger partial charge in [-0.25, -0.2) is 4.98 Å². The van der Waals surface area contributed by atoms with Gasteiger partial charge in [-0.05, 0) is 91.9 Å². The molecule has 8 rings (SSSR count). The van der Waals surface area contributed by atoms with Crippen molar-refractivity contribution in [3.05, 3.63) is 168 Å². The van der Waals surface area contributed by atoms with Gasteiger partial charge >= 0.3 is 0 Å². The Labute approximate surface area is 384 Å². The first kappa shape index (κ1) is 37.2. The monoisotopic (exact) mass is 986 g/mol. The Morgan fingerprint density at radius 1 is 0.656 bits per heavy atom. The van der Waals surface area contributed by atoms with E-state index in [0.717, 1.165) is 61.2 Å². The quantitative estimate of drug-likeness (QED) is 0.154. The minimum absolute atomic E-state index is 0. The van der Waals surface area contributed by atoms with Crippen molar-refractivity contribution in [1.29, 1.82) is 0 Å². The van der Waals surface area contributed by atoms with Crippen molar-refractivity contribution >= 4 is 11.0 Å². The SMILES string of the molecule is [2H]c1c([2H])c([2H])c(-c2ccnc(-c3[c-]c(-c4cccc5c4nc(-c4cc(C(C)C)cc(C(C)C)c4O)n5-c4ccc(-c5ccccc5)cc4C(C)(C)C)cc(C(C)(C)C)c3)c2)c([2H])c1[2H].[Pt]. The van der Waals surface area contributed by atoms with E-state index in [4.69, 9.17) is 16.8 Å². The van der Waals surface area contributed by atoms with Crippen molar-refractivity contribution in [2.45, 2.75) is 91.9 Å². The van der Waals surface area contributed by atoms with E-state index in [1.807, 2.05) is 12.1 Å². The summed E-state index contributed by atoms with van der Waals surface area (Å²) in [6.07, 6.45) is 1.61. The number of hydrogen-bond donors (Lipinski definition) is 1. The molecule has 0 amide bonds. The fourth-order valence-corrected chi connectivity index (χ4v) is 7.92. The van der Waals surface area contributed by atoms with Gasteiger partial charge in [0.25, 0.3) is 0 Å². The number of benzene rings is 6. The number of rotatable bonds is 8. The molecule has 0 bridgehead atoms. The van der Waals surface area contributed by atoms with E-state index in [-0.39, 0.29) is 79.2 Å². The van der Waals surface area contributed by atoms with Crippen molar-refractivity contribution in [2.75, 3.05) is 0 Å². The molecule has 61 heavy (non-hydrogen) atoms. The van der Waals surface area contributed by atoms with Crippen LogP contribution in [0.2, 0.25) is 0 Å². The Hall–Kier alpha value is -5.57. The molecule has 0 unspecified atom stereocenters. The first-order valence-corrected chi connectivity index (χ1v) is 20.9. The Morgan fingerprint density at radius 2 is 1.36 bits per heavy atom. The molecule has 312 valence electrons. The fraction of sp³-hybridized carbons (Fsp3) is 0.250. The average Bonchev–Trinajstić information content (AvgIpc) is 3.66. The average molecular weight is 987 g/mol. The van der Waals surface area contributed by atoms with E-state index in [2.05, 4.69) is 159 Å². The topological polar surface area (TPSA) is 50.9 Å². The zero-order chi connectivity index (χ0) is 46.9. The van der Waals surface area contributed by atoms with Gasteiger partial charge in [0.2, 0.25) is 0 Å². The van der Waals surface area contributed by atoms with Crippen LogP contribution in [0.5, 0.6) is 5.75 Å². The molecule has 0 saturated carbocycles. The van der Waals surface area contributed by atoms with Crippen molar-refractivity contribution < 1.29 is 33.0 Å². The van der Waals surface area contributed by atoms with E-state index in [0.29, 0.717) is 28.2 Å². The summed E-state index contributed by atoms with van der Waals surface area (Å²) in [5.41, 5.74) is 12.5. The number of para-hydroxylation sites is 1. The maximum absolute atomic E-state index is 12.3. The zero-order valence-electron chi connectivity index (χ0n) is 41.7. The second-order valence-electron chi connectivity index (χ2n) is 18.5. The normalized spacial score (nSPS) is 13.1. The summed E-state index contributed by atoms with van der Waals surface area (Å²) < 4.78 is 44.4. The molecule has 1 N–H and O–H groups in total. The molecule has 8 aromatic rings. The predicted molar refractivity (Wildman–Crippen MR) is 252 cm³/mol. The predicted octanol–water partition coefficient (Wildman–Crippen LogP) is 15.1. The van der Waals surface area contributed by atoms with Crippen LogP contribution in [0, 0.1) is 6.07 Å². The van der Waals surface area contributed by atoms with Gasteiger partial charge in [-0.15, -0.1) is 29.3 Å². The van der Waals surface area contributed by atoms with Gasteiger partial charge < -0.3 is 5.11 Å². The summed E-state index contributed by atoms with van der Waals surface area (Å²) in [7, 11) is 0. The number of fused-ring (bicyclic) bond motifs is 1. The molecular formula is C56H56N3OPt-. The van der Waals surface area contributed by atoms with Crippen LogP contribution in [-0.4, -0.2) is 19.6 Å². The molecule has 0 saturated heterocycles. The molecule has 0 fully saturated rings. The molecule has 0 aliphatic rings.